The molecule has 0 saturated carbocycles. The summed E-state index contributed by atoms with van der Waals surface area (Å²) in [6, 6.07) is 9.34. The number of benzene rings is 1. The average Bonchev–Trinajstić information content (AvgIpc) is 2.48. The van der Waals surface area contributed by atoms with E-state index in [9.17, 15) is 4.57 Å². The second-order valence-electron chi connectivity index (χ2n) is 4.55. The summed E-state index contributed by atoms with van der Waals surface area (Å²) in [5, 5.41) is 0.411. The number of hydrogen-bond donors (Lipinski definition) is 0. The van der Waals surface area contributed by atoms with Gasteiger partial charge >= 0.3 is 0 Å². The summed E-state index contributed by atoms with van der Waals surface area (Å²) in [5.74, 6) is 0. The molecular weight excluding hydrogens is 287 g/mol. The average molecular weight is 312 g/mol. The van der Waals surface area contributed by atoms with E-state index >= 15 is 0 Å². The summed E-state index contributed by atoms with van der Waals surface area (Å²) in [6.07, 6.45) is 0. The van der Waals surface area contributed by atoms with Crippen LogP contribution < -0.4 is 0 Å². The van der Waals surface area contributed by atoms with Crippen LogP contribution in [0.25, 0.3) is 5.31 Å². The van der Waals surface area contributed by atoms with Gasteiger partial charge in [0.15, 0.2) is 0 Å². The largest absolute Gasteiger partial charge is 0.342 e. The van der Waals surface area contributed by atoms with Crippen molar-refractivity contribution < 1.29 is 18.6 Å². The van der Waals surface area contributed by atoms with Crippen LogP contribution in [0.5, 0.6) is 0 Å². The van der Waals surface area contributed by atoms with Crippen molar-refractivity contribution in [1.29, 1.82) is 0 Å². The summed E-state index contributed by atoms with van der Waals surface area (Å²) >= 11 is 0. The summed E-state index contributed by atoms with van der Waals surface area (Å²) in [6.45, 7) is 12.1. The molecule has 1 atom stereocenters. The molecule has 0 bridgehead atoms. The van der Waals surface area contributed by atoms with Crippen molar-refractivity contribution in [3.8, 4) is 0 Å². The fraction of sp³-hybridized carbons (Fsp3) is 0.500. The first kappa shape index (κ1) is 18.1. The van der Waals surface area contributed by atoms with Gasteiger partial charge in [-0.2, -0.15) is 0 Å². The summed E-state index contributed by atoms with van der Waals surface area (Å²) in [7, 11) is -3.43. The Morgan fingerprint density at radius 3 is 2.05 bits per heavy atom. The summed E-state index contributed by atoms with van der Waals surface area (Å²) in [5.41, 5.74) is -0.570. The zero-order chi connectivity index (χ0) is 15.9. The predicted molar refractivity (Wildman–Crippen MR) is 86.4 cm³/mol. The lowest BCUT2D eigenvalue weighted by Crippen LogP contribution is -2.33. The SMILES string of the molecule is C=C(c1ccccc1)P(=O)(OCC)C(C)(OCC)OCC. The highest BCUT2D eigenvalue weighted by Gasteiger charge is 2.50. The molecule has 0 saturated heterocycles. The van der Waals surface area contributed by atoms with E-state index in [0.717, 1.165) is 5.56 Å². The minimum absolute atomic E-state index is 0.291. The van der Waals surface area contributed by atoms with Crippen molar-refractivity contribution in [2.24, 2.45) is 0 Å². The molecule has 0 spiro atoms. The Labute approximate surface area is 127 Å². The molecule has 0 fully saturated rings. The van der Waals surface area contributed by atoms with E-state index in [2.05, 4.69) is 6.58 Å². The van der Waals surface area contributed by atoms with Crippen LogP contribution in [-0.4, -0.2) is 25.3 Å². The molecule has 1 rings (SSSR count). The summed E-state index contributed by atoms with van der Waals surface area (Å²) in [4.78, 5) is 0. The van der Waals surface area contributed by atoms with Crippen LogP contribution in [0.2, 0.25) is 0 Å². The maximum absolute atomic E-state index is 13.5. The van der Waals surface area contributed by atoms with Crippen molar-refractivity contribution in [2.45, 2.75) is 33.2 Å². The molecular formula is C16H25O4P. The highest BCUT2D eigenvalue weighted by atomic mass is 31.2. The number of ether oxygens (including phenoxy) is 2. The third kappa shape index (κ3) is 3.83. The van der Waals surface area contributed by atoms with Gasteiger partial charge in [-0.3, -0.25) is 4.57 Å². The molecule has 0 aliphatic rings. The molecule has 0 aromatic heterocycles. The Hall–Kier alpha value is -0.930. The lowest BCUT2D eigenvalue weighted by Gasteiger charge is -2.37. The van der Waals surface area contributed by atoms with Gasteiger partial charge < -0.3 is 14.0 Å². The number of hydrogen-bond acceptors (Lipinski definition) is 4. The lowest BCUT2D eigenvalue weighted by molar-refractivity contribution is -0.166. The minimum atomic E-state index is -3.43. The Morgan fingerprint density at radius 2 is 1.62 bits per heavy atom. The Balaban J connectivity index is 3.29. The molecule has 0 N–H and O–H groups in total. The van der Waals surface area contributed by atoms with Gasteiger partial charge in [-0.25, -0.2) is 0 Å². The van der Waals surface area contributed by atoms with E-state index in [1.54, 1.807) is 13.8 Å². The minimum Gasteiger partial charge on any atom is -0.342 e. The van der Waals surface area contributed by atoms with Gasteiger partial charge in [-0.05, 0) is 26.3 Å². The van der Waals surface area contributed by atoms with E-state index in [1.807, 2.05) is 44.2 Å². The highest BCUT2D eigenvalue weighted by Crippen LogP contribution is 2.68. The number of rotatable bonds is 9. The molecule has 0 aliphatic heterocycles. The van der Waals surface area contributed by atoms with Crippen molar-refractivity contribution in [3.05, 3.63) is 42.5 Å². The van der Waals surface area contributed by atoms with Gasteiger partial charge in [0.2, 0.25) is 5.53 Å². The van der Waals surface area contributed by atoms with Crippen molar-refractivity contribution in [3.63, 3.8) is 0 Å². The maximum Gasteiger partial charge on any atom is 0.289 e. The van der Waals surface area contributed by atoms with Crippen molar-refractivity contribution in [2.75, 3.05) is 19.8 Å². The fourth-order valence-electron chi connectivity index (χ4n) is 2.17. The summed E-state index contributed by atoms with van der Waals surface area (Å²) < 4.78 is 30.5. The molecule has 0 heterocycles. The third-order valence-corrected chi connectivity index (χ3v) is 6.05. The van der Waals surface area contributed by atoms with Gasteiger partial charge in [0.05, 0.1) is 6.61 Å². The molecule has 0 aliphatic carbocycles. The molecule has 1 unspecified atom stereocenters. The van der Waals surface area contributed by atoms with Gasteiger partial charge in [0.1, 0.15) is 0 Å². The highest BCUT2D eigenvalue weighted by molar-refractivity contribution is 7.70. The smallest absolute Gasteiger partial charge is 0.289 e. The van der Waals surface area contributed by atoms with Gasteiger partial charge in [-0.15, -0.1) is 0 Å². The quantitative estimate of drug-likeness (QED) is 0.489. The molecule has 5 heteroatoms. The first-order valence-electron chi connectivity index (χ1n) is 7.22. The predicted octanol–water partition coefficient (Wildman–Crippen LogP) is 4.72. The fourth-order valence-corrected chi connectivity index (χ4v) is 4.50. The van der Waals surface area contributed by atoms with E-state index in [-0.39, 0.29) is 0 Å². The maximum atomic E-state index is 13.5. The van der Waals surface area contributed by atoms with Crippen LogP contribution in [0.1, 0.15) is 33.3 Å². The Morgan fingerprint density at radius 1 is 1.10 bits per heavy atom. The first-order chi connectivity index (χ1) is 9.95. The molecule has 118 valence electrons. The third-order valence-electron chi connectivity index (χ3n) is 3.13. The van der Waals surface area contributed by atoms with Crippen molar-refractivity contribution in [1.82, 2.24) is 0 Å². The van der Waals surface area contributed by atoms with E-state index in [0.29, 0.717) is 25.1 Å². The zero-order valence-corrected chi connectivity index (χ0v) is 14.2. The topological polar surface area (TPSA) is 44.8 Å². The monoisotopic (exact) mass is 312 g/mol. The Bertz CT molecular complexity index is 492. The van der Waals surface area contributed by atoms with Crippen LogP contribution in [0, 0.1) is 0 Å². The molecule has 4 nitrogen and oxygen atoms in total. The van der Waals surface area contributed by atoms with Crippen LogP contribution >= 0.6 is 7.37 Å². The molecule has 0 amide bonds. The molecule has 21 heavy (non-hydrogen) atoms. The molecule has 1 aromatic carbocycles. The standard InChI is InChI=1S/C16H25O4P/c1-6-18-16(5,19-7-2)21(17,20-8-3)14(4)15-12-10-9-11-13-15/h9-13H,4,6-8H2,1-3,5H3. The van der Waals surface area contributed by atoms with Crippen LogP contribution in [-0.2, 0) is 18.6 Å². The van der Waals surface area contributed by atoms with Crippen molar-refractivity contribution >= 4 is 12.7 Å². The second kappa shape index (κ2) is 7.90. The van der Waals surface area contributed by atoms with Crippen LogP contribution in [0.15, 0.2) is 36.9 Å². The van der Waals surface area contributed by atoms with Gasteiger partial charge in [-0.1, -0.05) is 36.9 Å². The van der Waals surface area contributed by atoms with Crippen LogP contribution in [0.3, 0.4) is 0 Å². The zero-order valence-electron chi connectivity index (χ0n) is 13.3. The van der Waals surface area contributed by atoms with Gasteiger partial charge in [0, 0.05) is 25.5 Å². The lowest BCUT2D eigenvalue weighted by atomic mass is 10.2. The first-order valence-corrected chi connectivity index (χ1v) is 8.85. The van der Waals surface area contributed by atoms with E-state index in [1.165, 1.54) is 0 Å². The van der Waals surface area contributed by atoms with Gasteiger partial charge in [0.25, 0.3) is 7.37 Å². The van der Waals surface area contributed by atoms with Crippen LogP contribution in [0.4, 0.5) is 0 Å². The second-order valence-corrected chi connectivity index (χ2v) is 7.26. The Kier molecular flexibility index (Phi) is 6.82. The van der Waals surface area contributed by atoms with E-state index < -0.39 is 12.9 Å². The molecule has 1 aromatic rings. The normalized spacial score (nSPS) is 14.7. The van der Waals surface area contributed by atoms with E-state index in [4.69, 9.17) is 14.0 Å². The molecule has 0 radical (unpaired) electrons.